The minimum Gasteiger partial charge on any atom is -0.479 e. The summed E-state index contributed by atoms with van der Waals surface area (Å²) >= 11 is 3.51. The summed E-state index contributed by atoms with van der Waals surface area (Å²) in [6.07, 6.45) is 5.36. The molecule has 0 bridgehead atoms. The molecule has 0 saturated heterocycles. The largest absolute Gasteiger partial charge is 0.479 e. The summed E-state index contributed by atoms with van der Waals surface area (Å²) < 4.78 is 43.7. The lowest BCUT2D eigenvalue weighted by molar-refractivity contribution is 0.0903. The fraction of sp³-hybridized carbons (Fsp3) is 0.235. The van der Waals surface area contributed by atoms with E-state index in [-0.39, 0.29) is 4.90 Å². The van der Waals surface area contributed by atoms with Crippen molar-refractivity contribution >= 4 is 55.8 Å². The summed E-state index contributed by atoms with van der Waals surface area (Å²) in [5.74, 6) is 0.297. The Hall–Kier alpha value is -3.77. The predicted octanol–water partition coefficient (Wildman–Crippen LogP) is 8.35. The van der Waals surface area contributed by atoms with Crippen LogP contribution in [0.5, 0.6) is 5.88 Å². The monoisotopic (exact) mass is 702 g/mol. The van der Waals surface area contributed by atoms with Gasteiger partial charge in [-0.3, -0.25) is 0 Å². The fourth-order valence-electron chi connectivity index (χ4n) is 5.31. The van der Waals surface area contributed by atoms with Gasteiger partial charge in [0.05, 0.1) is 34.9 Å². The Balaban J connectivity index is 1.42. The molecule has 3 heterocycles. The second-order valence-electron chi connectivity index (χ2n) is 12.3. The van der Waals surface area contributed by atoms with Gasteiger partial charge in [0, 0.05) is 53.4 Å². The first-order valence-electron chi connectivity index (χ1n) is 14.7. The van der Waals surface area contributed by atoms with E-state index in [4.69, 9.17) is 19.4 Å². The van der Waals surface area contributed by atoms with Crippen molar-refractivity contribution < 1.29 is 17.9 Å². The van der Waals surface area contributed by atoms with Crippen LogP contribution in [-0.2, 0) is 21.5 Å². The molecule has 0 spiro atoms. The van der Waals surface area contributed by atoms with Gasteiger partial charge in [0.25, 0.3) is 10.0 Å². The molecule has 0 N–H and O–H groups in total. The second-order valence-corrected chi connectivity index (χ2v) is 20.7. The maximum atomic E-state index is 13.8. The number of fused-ring (bicyclic) bond motifs is 2. The fourth-order valence-corrected chi connectivity index (χ4v) is 7.78. The maximum absolute atomic E-state index is 13.8. The number of para-hydroxylation sites is 1. The van der Waals surface area contributed by atoms with Crippen LogP contribution in [0.4, 0.5) is 0 Å². The van der Waals surface area contributed by atoms with Crippen molar-refractivity contribution in [1.29, 1.82) is 0 Å². The number of aryl methyl sites for hydroxylation is 1. The summed E-state index contributed by atoms with van der Waals surface area (Å²) in [4.78, 5) is 9.92. The Kier molecular flexibility index (Phi) is 8.46. The number of rotatable bonds is 10. The molecular formula is C34H35BrN4O4SSi. The third kappa shape index (κ3) is 6.22. The van der Waals surface area contributed by atoms with Gasteiger partial charge in [0.15, 0.2) is 0 Å². The van der Waals surface area contributed by atoms with Crippen LogP contribution in [0.15, 0.2) is 94.7 Å². The maximum Gasteiger partial charge on any atom is 0.268 e. The first kappa shape index (κ1) is 31.2. The summed E-state index contributed by atoms with van der Waals surface area (Å²) in [5.41, 5.74) is 5.14. The molecule has 0 fully saturated rings. The lowest BCUT2D eigenvalue weighted by Gasteiger charge is -2.15. The number of methoxy groups -OCH3 is 1. The van der Waals surface area contributed by atoms with E-state index in [1.807, 2.05) is 37.4 Å². The lowest BCUT2D eigenvalue weighted by Crippen LogP contribution is -2.21. The molecular weight excluding hydrogens is 668 g/mol. The third-order valence-electron chi connectivity index (χ3n) is 7.79. The molecule has 3 aromatic carbocycles. The minimum atomic E-state index is -3.90. The zero-order valence-electron chi connectivity index (χ0n) is 25.9. The lowest BCUT2D eigenvalue weighted by atomic mass is 10.1. The van der Waals surface area contributed by atoms with Gasteiger partial charge >= 0.3 is 0 Å². The Morgan fingerprint density at radius 1 is 0.911 bits per heavy atom. The van der Waals surface area contributed by atoms with E-state index in [1.165, 1.54) is 3.97 Å². The van der Waals surface area contributed by atoms with Crippen LogP contribution in [0.2, 0.25) is 25.7 Å². The third-order valence-corrected chi connectivity index (χ3v) is 11.7. The van der Waals surface area contributed by atoms with Crippen LogP contribution in [0, 0.1) is 6.92 Å². The van der Waals surface area contributed by atoms with Crippen LogP contribution in [-0.4, -0.2) is 48.7 Å². The van der Waals surface area contributed by atoms with Crippen molar-refractivity contribution in [3.05, 3.63) is 95.4 Å². The first-order chi connectivity index (χ1) is 21.5. The van der Waals surface area contributed by atoms with E-state index in [0.717, 1.165) is 39.2 Å². The summed E-state index contributed by atoms with van der Waals surface area (Å²) in [6, 6.07) is 21.6. The molecule has 11 heteroatoms. The van der Waals surface area contributed by atoms with Crippen molar-refractivity contribution in [2.75, 3.05) is 13.7 Å². The highest BCUT2D eigenvalue weighted by Crippen LogP contribution is 2.39. The zero-order valence-corrected chi connectivity index (χ0v) is 29.3. The Bertz CT molecular complexity index is 2130. The van der Waals surface area contributed by atoms with Crippen molar-refractivity contribution in [3.63, 3.8) is 0 Å². The van der Waals surface area contributed by atoms with E-state index >= 15 is 0 Å². The van der Waals surface area contributed by atoms with Crippen LogP contribution >= 0.6 is 15.9 Å². The van der Waals surface area contributed by atoms with E-state index in [0.29, 0.717) is 40.5 Å². The summed E-state index contributed by atoms with van der Waals surface area (Å²) in [5, 5.41) is 1.74. The van der Waals surface area contributed by atoms with Gasteiger partial charge in [0.2, 0.25) is 5.88 Å². The highest BCUT2D eigenvalue weighted by molar-refractivity contribution is 9.10. The molecule has 0 unspecified atom stereocenters. The van der Waals surface area contributed by atoms with Crippen LogP contribution in [0.3, 0.4) is 0 Å². The second kappa shape index (κ2) is 12.2. The van der Waals surface area contributed by atoms with Crippen LogP contribution in [0.1, 0.15) is 5.56 Å². The Labute approximate surface area is 272 Å². The van der Waals surface area contributed by atoms with Gasteiger partial charge in [0.1, 0.15) is 12.4 Å². The smallest absolute Gasteiger partial charge is 0.268 e. The predicted molar refractivity (Wildman–Crippen MR) is 186 cm³/mol. The van der Waals surface area contributed by atoms with Crippen molar-refractivity contribution in [1.82, 2.24) is 18.5 Å². The van der Waals surface area contributed by atoms with Crippen LogP contribution < -0.4 is 4.74 Å². The highest BCUT2D eigenvalue weighted by Gasteiger charge is 2.25. The van der Waals surface area contributed by atoms with Gasteiger partial charge in [-0.1, -0.05) is 77.5 Å². The van der Waals surface area contributed by atoms with Crippen LogP contribution in [0.25, 0.3) is 44.3 Å². The Morgan fingerprint density at radius 2 is 1.64 bits per heavy atom. The first-order valence-corrected chi connectivity index (χ1v) is 20.6. The molecule has 0 radical (unpaired) electrons. The molecule has 0 aliphatic rings. The molecule has 232 valence electrons. The van der Waals surface area contributed by atoms with Crippen molar-refractivity contribution in [3.8, 4) is 28.4 Å². The molecule has 0 amide bonds. The number of aromatic nitrogens is 4. The topological polar surface area (TPSA) is 88.2 Å². The molecule has 3 aromatic heterocycles. The standard InChI is InChI=1S/C34H35BrN4O4SSi/c1-23-10-13-25(14-11-23)44(40,41)39-21-29(27-15-12-24(35)18-32(27)39)33-34(42-2)37-30(19-36-33)28-20-38(22-43-16-17-45(3,4)5)31-9-7-6-8-26(28)31/h6-15,18-21H,16-17,22H2,1-5H3. The van der Waals surface area contributed by atoms with E-state index in [1.54, 1.807) is 49.8 Å². The normalized spacial score (nSPS) is 12.3. The van der Waals surface area contributed by atoms with Gasteiger partial charge in [-0.05, 0) is 43.3 Å². The molecule has 6 rings (SSSR count). The molecule has 0 atom stereocenters. The quantitative estimate of drug-likeness (QED) is 0.105. The Morgan fingerprint density at radius 3 is 2.38 bits per heavy atom. The van der Waals surface area contributed by atoms with E-state index in [2.05, 4.69) is 52.3 Å². The number of hydrogen-bond acceptors (Lipinski definition) is 6. The van der Waals surface area contributed by atoms with E-state index < -0.39 is 18.1 Å². The summed E-state index contributed by atoms with van der Waals surface area (Å²) in [6.45, 7) is 10.1. The average molecular weight is 704 g/mol. The highest BCUT2D eigenvalue weighted by atomic mass is 79.9. The van der Waals surface area contributed by atoms with Gasteiger partial charge in [-0.25, -0.2) is 22.4 Å². The molecule has 0 aliphatic carbocycles. The molecule has 0 saturated carbocycles. The average Bonchev–Trinajstić information content (AvgIpc) is 3.58. The van der Waals surface area contributed by atoms with Gasteiger partial charge in [-0.15, -0.1) is 0 Å². The van der Waals surface area contributed by atoms with E-state index in [9.17, 15) is 8.42 Å². The summed E-state index contributed by atoms with van der Waals surface area (Å²) in [7, 11) is -3.55. The van der Waals surface area contributed by atoms with Crippen molar-refractivity contribution in [2.45, 2.75) is 44.2 Å². The SMILES string of the molecule is COc1nc(-c2cn(COCC[Si](C)(C)C)c3ccccc23)cnc1-c1cn(S(=O)(=O)c2ccc(C)cc2)c2cc(Br)ccc12. The zero-order chi connectivity index (χ0) is 31.9. The van der Waals surface area contributed by atoms with Gasteiger partial charge in [-0.2, -0.15) is 0 Å². The number of hydrogen-bond donors (Lipinski definition) is 0. The molecule has 8 nitrogen and oxygen atoms in total. The minimum absolute atomic E-state index is 0.200. The molecule has 0 aliphatic heterocycles. The molecule has 6 aromatic rings. The number of nitrogens with zero attached hydrogens (tertiary/aromatic N) is 4. The van der Waals surface area contributed by atoms with Gasteiger partial charge < -0.3 is 14.0 Å². The molecule has 45 heavy (non-hydrogen) atoms. The number of ether oxygens (including phenoxy) is 2. The van der Waals surface area contributed by atoms with Crippen molar-refractivity contribution in [2.24, 2.45) is 0 Å². The number of benzene rings is 3. The number of halogens is 1.